The molecule has 4 heteroatoms. The zero-order chi connectivity index (χ0) is 9.97. The average molecular weight is 210 g/mol. The summed E-state index contributed by atoms with van der Waals surface area (Å²) in [5.74, 6) is 0.158. The minimum absolute atomic E-state index is 0.158. The van der Waals surface area contributed by atoms with E-state index < -0.39 is 0 Å². The Bertz CT molecular complexity index is 335. The Labute approximate surface area is 87.5 Å². The lowest BCUT2D eigenvalue weighted by Crippen LogP contribution is -2.30. The van der Waals surface area contributed by atoms with E-state index in [9.17, 15) is 4.79 Å². The number of hydrogen-bond donors (Lipinski definition) is 2. The van der Waals surface area contributed by atoms with Crippen LogP contribution < -0.4 is 10.6 Å². The van der Waals surface area contributed by atoms with Crippen LogP contribution in [-0.4, -0.2) is 18.5 Å². The fraction of sp³-hybridized carbons (Fsp3) is 0.500. The van der Waals surface area contributed by atoms with Crippen molar-refractivity contribution in [3.8, 4) is 0 Å². The lowest BCUT2D eigenvalue weighted by atomic mass is 10.2. The third-order valence-corrected chi connectivity index (χ3v) is 3.52. The molecule has 1 aromatic heterocycles. The summed E-state index contributed by atoms with van der Waals surface area (Å²) in [6.45, 7) is 3.76. The van der Waals surface area contributed by atoms with Gasteiger partial charge in [0.05, 0.1) is 0 Å². The maximum Gasteiger partial charge on any atom is 0.221 e. The first-order valence-corrected chi connectivity index (χ1v) is 5.66. The number of aryl methyl sites for hydroxylation is 1. The van der Waals surface area contributed by atoms with Crippen LogP contribution in [0.25, 0.3) is 0 Å². The Morgan fingerprint density at radius 1 is 1.71 bits per heavy atom. The molecule has 1 atom stereocenters. The molecular weight excluding hydrogens is 196 g/mol. The number of hydrogen-bond acceptors (Lipinski definition) is 3. The molecule has 0 spiro atoms. The molecule has 1 aliphatic heterocycles. The minimum Gasteiger partial charge on any atom is -0.354 e. The van der Waals surface area contributed by atoms with E-state index in [1.165, 1.54) is 10.4 Å². The first-order chi connectivity index (χ1) is 6.75. The fourth-order valence-corrected chi connectivity index (χ4v) is 2.43. The molecule has 0 bridgehead atoms. The topological polar surface area (TPSA) is 41.1 Å². The van der Waals surface area contributed by atoms with Gasteiger partial charge < -0.3 is 10.6 Å². The highest BCUT2D eigenvalue weighted by molar-refractivity contribution is 7.10. The SMILES string of the molecule is Cc1ccsc1CNC1CNC(=O)C1. The van der Waals surface area contributed by atoms with E-state index in [1.807, 2.05) is 0 Å². The molecule has 0 radical (unpaired) electrons. The number of amides is 1. The van der Waals surface area contributed by atoms with E-state index in [4.69, 9.17) is 0 Å². The summed E-state index contributed by atoms with van der Waals surface area (Å²) >= 11 is 1.77. The van der Waals surface area contributed by atoms with Crippen LogP contribution in [0, 0.1) is 6.92 Å². The van der Waals surface area contributed by atoms with Gasteiger partial charge in [-0.25, -0.2) is 0 Å². The largest absolute Gasteiger partial charge is 0.354 e. The Morgan fingerprint density at radius 3 is 3.14 bits per heavy atom. The van der Waals surface area contributed by atoms with Crippen LogP contribution >= 0.6 is 11.3 Å². The van der Waals surface area contributed by atoms with Crippen LogP contribution in [-0.2, 0) is 11.3 Å². The summed E-state index contributed by atoms with van der Waals surface area (Å²) in [4.78, 5) is 12.3. The van der Waals surface area contributed by atoms with Gasteiger partial charge in [-0.3, -0.25) is 4.79 Å². The van der Waals surface area contributed by atoms with Crippen LogP contribution in [0.3, 0.4) is 0 Å². The van der Waals surface area contributed by atoms with E-state index in [2.05, 4.69) is 29.0 Å². The number of carbonyl (C=O) groups is 1. The normalized spacial score (nSPS) is 21.2. The lowest BCUT2D eigenvalue weighted by Gasteiger charge is -2.09. The van der Waals surface area contributed by atoms with Gasteiger partial charge in [-0.1, -0.05) is 0 Å². The summed E-state index contributed by atoms with van der Waals surface area (Å²) in [7, 11) is 0. The second kappa shape index (κ2) is 4.11. The Kier molecular flexibility index (Phi) is 2.84. The summed E-state index contributed by atoms with van der Waals surface area (Å²) < 4.78 is 0. The monoisotopic (exact) mass is 210 g/mol. The molecule has 2 heterocycles. The Hall–Kier alpha value is -0.870. The Balaban J connectivity index is 1.83. The van der Waals surface area contributed by atoms with Crippen molar-refractivity contribution in [2.75, 3.05) is 6.54 Å². The number of carbonyl (C=O) groups excluding carboxylic acids is 1. The predicted molar refractivity (Wildman–Crippen MR) is 57.3 cm³/mol. The van der Waals surface area contributed by atoms with Crippen LogP contribution in [0.2, 0.25) is 0 Å². The molecule has 0 aliphatic carbocycles. The van der Waals surface area contributed by atoms with Gasteiger partial charge in [-0.2, -0.15) is 0 Å². The van der Waals surface area contributed by atoms with Crippen molar-refractivity contribution in [2.24, 2.45) is 0 Å². The maximum absolute atomic E-state index is 10.9. The van der Waals surface area contributed by atoms with Crippen molar-refractivity contribution < 1.29 is 4.79 Å². The summed E-state index contributed by atoms with van der Waals surface area (Å²) in [5.41, 5.74) is 1.33. The lowest BCUT2D eigenvalue weighted by molar-refractivity contribution is -0.119. The third kappa shape index (κ3) is 2.13. The Morgan fingerprint density at radius 2 is 2.57 bits per heavy atom. The van der Waals surface area contributed by atoms with Gasteiger partial charge in [0, 0.05) is 30.4 Å². The van der Waals surface area contributed by atoms with Crippen LogP contribution in [0.4, 0.5) is 0 Å². The molecule has 1 saturated heterocycles. The van der Waals surface area contributed by atoms with Crippen molar-refractivity contribution in [1.29, 1.82) is 0 Å². The molecule has 1 unspecified atom stereocenters. The summed E-state index contributed by atoms with van der Waals surface area (Å²) in [6, 6.07) is 2.43. The molecule has 0 aromatic carbocycles. The van der Waals surface area contributed by atoms with Gasteiger partial charge in [-0.15, -0.1) is 11.3 Å². The molecule has 2 N–H and O–H groups in total. The van der Waals surface area contributed by atoms with E-state index in [0.29, 0.717) is 12.5 Å². The standard InChI is InChI=1S/C10H14N2OS/c1-7-2-3-14-9(7)6-11-8-4-10(13)12-5-8/h2-3,8,11H,4-6H2,1H3,(H,12,13). The van der Waals surface area contributed by atoms with E-state index in [0.717, 1.165) is 13.1 Å². The second-order valence-corrected chi connectivity index (χ2v) is 4.61. The zero-order valence-corrected chi connectivity index (χ0v) is 8.99. The van der Waals surface area contributed by atoms with Gasteiger partial charge in [0.1, 0.15) is 0 Å². The predicted octanol–water partition coefficient (Wildman–Crippen LogP) is 1.03. The quantitative estimate of drug-likeness (QED) is 0.782. The van der Waals surface area contributed by atoms with Crippen molar-refractivity contribution >= 4 is 17.2 Å². The van der Waals surface area contributed by atoms with Gasteiger partial charge in [-0.05, 0) is 23.9 Å². The third-order valence-electron chi connectivity index (χ3n) is 2.50. The highest BCUT2D eigenvalue weighted by atomic mass is 32.1. The van der Waals surface area contributed by atoms with Gasteiger partial charge in [0.2, 0.25) is 5.91 Å². The van der Waals surface area contributed by atoms with E-state index in [1.54, 1.807) is 11.3 Å². The van der Waals surface area contributed by atoms with Gasteiger partial charge in [0.25, 0.3) is 0 Å². The highest BCUT2D eigenvalue weighted by Crippen LogP contribution is 2.15. The van der Waals surface area contributed by atoms with Crippen molar-refractivity contribution in [2.45, 2.75) is 25.9 Å². The zero-order valence-electron chi connectivity index (χ0n) is 8.17. The number of rotatable bonds is 3. The van der Waals surface area contributed by atoms with Crippen LogP contribution in [0.5, 0.6) is 0 Å². The smallest absolute Gasteiger partial charge is 0.221 e. The minimum atomic E-state index is 0.158. The first-order valence-electron chi connectivity index (χ1n) is 4.79. The molecule has 3 nitrogen and oxygen atoms in total. The summed E-state index contributed by atoms with van der Waals surface area (Å²) in [5, 5.41) is 8.30. The van der Waals surface area contributed by atoms with Crippen molar-refractivity contribution in [1.82, 2.24) is 10.6 Å². The van der Waals surface area contributed by atoms with E-state index in [-0.39, 0.29) is 5.91 Å². The molecule has 76 valence electrons. The highest BCUT2D eigenvalue weighted by Gasteiger charge is 2.20. The average Bonchev–Trinajstić information content (AvgIpc) is 2.72. The van der Waals surface area contributed by atoms with Crippen molar-refractivity contribution in [3.63, 3.8) is 0 Å². The maximum atomic E-state index is 10.9. The molecule has 1 aliphatic rings. The molecule has 1 amide bonds. The van der Waals surface area contributed by atoms with E-state index >= 15 is 0 Å². The summed E-state index contributed by atoms with van der Waals surface area (Å²) in [6.07, 6.45) is 0.615. The molecule has 1 aromatic rings. The van der Waals surface area contributed by atoms with Crippen molar-refractivity contribution in [3.05, 3.63) is 21.9 Å². The number of thiophene rings is 1. The van der Waals surface area contributed by atoms with Gasteiger partial charge in [0.15, 0.2) is 0 Å². The molecule has 0 saturated carbocycles. The number of nitrogens with one attached hydrogen (secondary N) is 2. The fourth-order valence-electron chi connectivity index (χ4n) is 1.57. The molecule has 14 heavy (non-hydrogen) atoms. The molecule has 2 rings (SSSR count). The van der Waals surface area contributed by atoms with Crippen LogP contribution in [0.1, 0.15) is 16.9 Å². The molecular formula is C10H14N2OS. The first kappa shape index (κ1) is 9.68. The molecule has 1 fully saturated rings. The van der Waals surface area contributed by atoms with Gasteiger partial charge >= 0.3 is 0 Å². The second-order valence-electron chi connectivity index (χ2n) is 3.61. The van der Waals surface area contributed by atoms with Crippen LogP contribution in [0.15, 0.2) is 11.4 Å².